The van der Waals surface area contributed by atoms with Crippen LogP contribution >= 0.6 is 23.2 Å². The van der Waals surface area contributed by atoms with Gasteiger partial charge in [0.05, 0.1) is 33.9 Å². The van der Waals surface area contributed by atoms with Gasteiger partial charge < -0.3 is 14.6 Å². The largest absolute Gasteiger partial charge is 0.373 e. The summed E-state index contributed by atoms with van der Waals surface area (Å²) < 4.78 is 31.7. The van der Waals surface area contributed by atoms with Crippen molar-refractivity contribution in [3.63, 3.8) is 0 Å². The molecule has 0 aliphatic heterocycles. The predicted octanol–water partition coefficient (Wildman–Crippen LogP) is 7.15. The Labute approximate surface area is 239 Å². The normalized spacial score (nSPS) is 12.3. The number of aromatic nitrogens is 1. The minimum Gasteiger partial charge on any atom is -0.373 e. The molecular formula is C30H30Cl2N2O4S. The second kappa shape index (κ2) is 12.4. The van der Waals surface area contributed by atoms with E-state index in [2.05, 4.69) is 5.32 Å². The van der Waals surface area contributed by atoms with Crippen LogP contribution in [0.1, 0.15) is 41.2 Å². The summed E-state index contributed by atoms with van der Waals surface area (Å²) in [5.74, 6) is -0.304. The maximum absolute atomic E-state index is 13.5. The number of sulfone groups is 1. The van der Waals surface area contributed by atoms with Crippen LogP contribution in [0.15, 0.2) is 83.8 Å². The summed E-state index contributed by atoms with van der Waals surface area (Å²) in [6.07, 6.45) is 2.10. The van der Waals surface area contributed by atoms with Gasteiger partial charge >= 0.3 is 0 Å². The highest BCUT2D eigenvalue weighted by molar-refractivity contribution is 7.90. The van der Waals surface area contributed by atoms with Crippen molar-refractivity contribution in [1.29, 1.82) is 0 Å². The lowest BCUT2D eigenvalue weighted by atomic mass is 10.1. The van der Waals surface area contributed by atoms with Gasteiger partial charge in [-0.05, 0) is 67.4 Å². The number of benzene rings is 3. The topological polar surface area (TPSA) is 77.4 Å². The minimum absolute atomic E-state index is 0.144. The van der Waals surface area contributed by atoms with Crippen LogP contribution in [0.2, 0.25) is 10.0 Å². The van der Waals surface area contributed by atoms with E-state index in [9.17, 15) is 13.2 Å². The van der Waals surface area contributed by atoms with Crippen LogP contribution in [0.3, 0.4) is 0 Å². The number of carbonyl (C=O) groups excluding carboxylic acids is 1. The molecule has 204 valence electrons. The van der Waals surface area contributed by atoms with Crippen molar-refractivity contribution in [1.82, 2.24) is 4.57 Å². The van der Waals surface area contributed by atoms with E-state index in [1.165, 1.54) is 12.1 Å². The number of nitrogens with one attached hydrogen (secondary N) is 1. The van der Waals surface area contributed by atoms with Crippen LogP contribution in [0.5, 0.6) is 0 Å². The Balaban J connectivity index is 1.67. The molecule has 1 amide bonds. The number of rotatable bonds is 10. The molecule has 0 aliphatic rings. The van der Waals surface area contributed by atoms with Crippen LogP contribution in [-0.2, 0) is 34.0 Å². The zero-order valence-electron chi connectivity index (χ0n) is 21.9. The van der Waals surface area contributed by atoms with Gasteiger partial charge in [-0.15, -0.1) is 0 Å². The smallest absolute Gasteiger partial charge is 0.257 e. The molecule has 0 spiro atoms. The molecule has 0 aliphatic carbocycles. The molecule has 4 aromatic rings. The zero-order valence-corrected chi connectivity index (χ0v) is 24.3. The third-order valence-corrected chi connectivity index (χ3v) is 7.99. The number of halogens is 2. The average Bonchev–Trinajstić information content (AvgIpc) is 3.25. The van der Waals surface area contributed by atoms with Crippen molar-refractivity contribution in [2.24, 2.45) is 0 Å². The molecule has 1 atom stereocenters. The molecule has 39 heavy (non-hydrogen) atoms. The Kier molecular flexibility index (Phi) is 9.18. The molecule has 0 fully saturated rings. The van der Waals surface area contributed by atoms with Crippen molar-refractivity contribution in [3.8, 4) is 5.69 Å². The first-order chi connectivity index (χ1) is 18.6. The van der Waals surface area contributed by atoms with E-state index in [0.717, 1.165) is 28.9 Å². The summed E-state index contributed by atoms with van der Waals surface area (Å²) in [7, 11) is -3.34. The van der Waals surface area contributed by atoms with Crippen LogP contribution in [0.4, 0.5) is 5.69 Å². The van der Waals surface area contributed by atoms with Crippen molar-refractivity contribution < 1.29 is 17.9 Å². The average molecular weight is 586 g/mol. The summed E-state index contributed by atoms with van der Waals surface area (Å²) in [5.41, 5.74) is 4.45. The monoisotopic (exact) mass is 584 g/mol. The number of anilines is 1. The molecular weight excluding hydrogens is 555 g/mol. The summed E-state index contributed by atoms with van der Waals surface area (Å²) >= 11 is 12.8. The Bertz CT molecular complexity index is 1570. The van der Waals surface area contributed by atoms with Gasteiger partial charge in [0.1, 0.15) is 0 Å². The number of hydrogen-bond acceptors (Lipinski definition) is 4. The highest BCUT2D eigenvalue weighted by Crippen LogP contribution is 2.31. The van der Waals surface area contributed by atoms with Crippen LogP contribution < -0.4 is 5.32 Å². The van der Waals surface area contributed by atoms with Crippen molar-refractivity contribution in [2.75, 3.05) is 11.6 Å². The van der Waals surface area contributed by atoms with Gasteiger partial charge in [0, 0.05) is 34.8 Å². The first kappa shape index (κ1) is 28.9. The van der Waals surface area contributed by atoms with Crippen LogP contribution in [0, 0.1) is 0 Å². The quantitative estimate of drug-likeness (QED) is 0.215. The Morgan fingerprint density at radius 1 is 1.00 bits per heavy atom. The van der Waals surface area contributed by atoms with Crippen LogP contribution in [0.25, 0.3) is 5.69 Å². The van der Waals surface area contributed by atoms with Gasteiger partial charge in [-0.25, -0.2) is 8.42 Å². The lowest BCUT2D eigenvalue weighted by molar-refractivity contribution is 0.0526. The highest BCUT2D eigenvalue weighted by atomic mass is 35.5. The number of amides is 1. The fourth-order valence-corrected chi connectivity index (χ4v) is 5.54. The maximum Gasteiger partial charge on any atom is 0.257 e. The Morgan fingerprint density at radius 3 is 2.31 bits per heavy atom. The summed E-state index contributed by atoms with van der Waals surface area (Å²) in [5, 5.41) is 3.88. The molecule has 9 heteroatoms. The second-order valence-corrected chi connectivity index (χ2v) is 12.2. The number of nitrogens with zero attached hydrogens (tertiary/aromatic N) is 1. The van der Waals surface area contributed by atoms with Crippen LogP contribution in [-0.4, -0.2) is 31.3 Å². The Morgan fingerprint density at radius 2 is 1.69 bits per heavy atom. The SMILES string of the molecule is CCc1c(C(=O)Nc2ccc(S(C)(=O)=O)cc2)cc(C[C@H](C)OCc2ccccc2)n1-c1ccc(Cl)cc1Cl. The van der Waals surface area contributed by atoms with E-state index in [0.29, 0.717) is 40.7 Å². The van der Waals surface area contributed by atoms with Gasteiger partial charge in [-0.3, -0.25) is 4.79 Å². The molecule has 1 aromatic heterocycles. The van der Waals surface area contributed by atoms with Gasteiger partial charge in [0.25, 0.3) is 5.91 Å². The Hall–Kier alpha value is -3.10. The molecule has 0 radical (unpaired) electrons. The minimum atomic E-state index is -3.34. The molecule has 6 nitrogen and oxygen atoms in total. The summed E-state index contributed by atoms with van der Waals surface area (Å²) in [6.45, 7) is 4.45. The van der Waals surface area contributed by atoms with E-state index in [1.807, 2.05) is 60.9 Å². The maximum atomic E-state index is 13.5. The predicted molar refractivity (Wildman–Crippen MR) is 157 cm³/mol. The van der Waals surface area contributed by atoms with Gasteiger partial charge in [-0.1, -0.05) is 60.5 Å². The van der Waals surface area contributed by atoms with Gasteiger partial charge in [0.2, 0.25) is 0 Å². The van der Waals surface area contributed by atoms with E-state index in [4.69, 9.17) is 27.9 Å². The molecule has 4 rings (SSSR count). The summed E-state index contributed by atoms with van der Waals surface area (Å²) in [6, 6.07) is 23.2. The van der Waals surface area contributed by atoms with Gasteiger partial charge in [0.15, 0.2) is 9.84 Å². The van der Waals surface area contributed by atoms with E-state index >= 15 is 0 Å². The number of ether oxygens (including phenoxy) is 1. The highest BCUT2D eigenvalue weighted by Gasteiger charge is 2.23. The third kappa shape index (κ3) is 7.11. The first-order valence-electron chi connectivity index (χ1n) is 12.5. The van der Waals surface area contributed by atoms with Crippen molar-refractivity contribution >= 4 is 44.6 Å². The molecule has 0 bridgehead atoms. The van der Waals surface area contributed by atoms with E-state index in [-0.39, 0.29) is 16.9 Å². The number of hydrogen-bond donors (Lipinski definition) is 1. The lowest BCUT2D eigenvalue weighted by Crippen LogP contribution is -2.16. The zero-order chi connectivity index (χ0) is 28.2. The molecule has 0 unspecified atom stereocenters. The van der Waals surface area contributed by atoms with Gasteiger partial charge in [-0.2, -0.15) is 0 Å². The third-order valence-electron chi connectivity index (χ3n) is 6.32. The fraction of sp³-hybridized carbons (Fsp3) is 0.233. The molecule has 1 N–H and O–H groups in total. The first-order valence-corrected chi connectivity index (χ1v) is 15.2. The number of carbonyl (C=O) groups is 1. The fourth-order valence-electron chi connectivity index (χ4n) is 4.42. The molecule has 0 saturated carbocycles. The van der Waals surface area contributed by atoms with E-state index in [1.54, 1.807) is 24.3 Å². The van der Waals surface area contributed by atoms with E-state index < -0.39 is 9.84 Å². The molecule has 3 aromatic carbocycles. The van der Waals surface area contributed by atoms with Crippen molar-refractivity contribution in [2.45, 2.75) is 44.3 Å². The molecule has 0 saturated heterocycles. The second-order valence-electron chi connectivity index (χ2n) is 9.34. The lowest BCUT2D eigenvalue weighted by Gasteiger charge is -2.18. The van der Waals surface area contributed by atoms with Crippen molar-refractivity contribution in [3.05, 3.63) is 111 Å². The summed E-state index contributed by atoms with van der Waals surface area (Å²) in [4.78, 5) is 13.7. The standard InChI is InChI=1S/C30H30Cl2N2O4S/c1-4-28-26(30(35)33-23-11-13-25(14-12-23)39(3,36)37)18-24(34(28)29-15-10-22(31)17-27(29)32)16-20(2)38-19-21-8-6-5-7-9-21/h5-15,17-18,20H,4,16,19H2,1-3H3,(H,33,35)/t20-/m0/s1. The molecule has 1 heterocycles.